The van der Waals surface area contributed by atoms with E-state index in [1.54, 1.807) is 0 Å². The normalized spacial score (nSPS) is 13.7. The molecule has 0 bridgehead atoms. The first-order valence-electron chi connectivity index (χ1n) is 13.0. The molecule has 16 heteroatoms. The van der Waals surface area contributed by atoms with Crippen LogP contribution in [0.1, 0.15) is 40.4 Å². The van der Waals surface area contributed by atoms with Gasteiger partial charge in [0.15, 0.2) is 30.5 Å². The number of nitrogens with zero attached hydrogens (tertiary/aromatic N) is 1. The van der Waals surface area contributed by atoms with Crippen LogP contribution in [0.25, 0.3) is 0 Å². The van der Waals surface area contributed by atoms with E-state index in [0.29, 0.717) is 4.73 Å². The second kappa shape index (κ2) is 14.3. The van der Waals surface area contributed by atoms with Crippen LogP contribution in [0, 0.1) is 11.1 Å². The number of carbonyl (C=O) groups excluding carboxylic acids is 2. The molecule has 1 aliphatic carbocycles. The van der Waals surface area contributed by atoms with Gasteiger partial charge in [0, 0.05) is 12.0 Å². The van der Waals surface area contributed by atoms with Gasteiger partial charge in [-0.15, -0.1) is 0 Å². The maximum atomic E-state index is 13.1. The van der Waals surface area contributed by atoms with Gasteiger partial charge < -0.3 is 24.2 Å². The summed E-state index contributed by atoms with van der Waals surface area (Å²) in [6.07, 6.45) is 3.53. The van der Waals surface area contributed by atoms with Crippen molar-refractivity contribution in [1.82, 2.24) is 0 Å². The molecule has 11 nitrogen and oxygen atoms in total. The predicted octanol–water partition coefficient (Wildman–Crippen LogP) is 5.07. The van der Waals surface area contributed by atoms with Crippen molar-refractivity contribution < 1.29 is 50.5 Å². The zero-order valence-electron chi connectivity index (χ0n) is 23.0. The number of esters is 2. The molecule has 236 valence electrons. The second-order valence-corrected chi connectivity index (χ2v) is 12.4. The van der Waals surface area contributed by atoms with Gasteiger partial charge in [-0.05, 0) is 48.6 Å². The number of pyridine rings is 1. The molecule has 0 radical (unpaired) electrons. The Morgan fingerprint density at radius 3 is 2.41 bits per heavy atom. The smallest absolute Gasteiger partial charge is 0.387 e. The molecule has 3 aromatic rings. The molecule has 0 aliphatic heterocycles. The van der Waals surface area contributed by atoms with Crippen LogP contribution in [0.15, 0.2) is 54.9 Å². The first kappa shape index (κ1) is 33.0. The third kappa shape index (κ3) is 9.56. The van der Waals surface area contributed by atoms with E-state index in [-0.39, 0.29) is 62.9 Å². The predicted molar refractivity (Wildman–Crippen MR) is 154 cm³/mol. The Bertz CT molecular complexity index is 1620. The van der Waals surface area contributed by atoms with Crippen LogP contribution < -0.4 is 18.9 Å². The Hall–Kier alpha value is -3.88. The number of sulfonamides is 1. The Balaban J connectivity index is 1.57. The summed E-state index contributed by atoms with van der Waals surface area (Å²) < 4.78 is 73.0. The van der Waals surface area contributed by atoms with Crippen LogP contribution in [0.3, 0.4) is 0 Å². The monoisotopic (exact) mass is 674 g/mol. The van der Waals surface area contributed by atoms with E-state index in [2.05, 4.69) is 9.46 Å². The average Bonchev–Trinajstić information content (AvgIpc) is 3.76. The number of anilines is 1. The van der Waals surface area contributed by atoms with Gasteiger partial charge in [-0.2, -0.15) is 13.5 Å². The molecular weight excluding hydrogens is 649 g/mol. The fourth-order valence-electron chi connectivity index (χ4n) is 4.01. The molecule has 1 unspecified atom stereocenters. The molecule has 1 saturated carbocycles. The van der Waals surface area contributed by atoms with Gasteiger partial charge in [0.25, 0.3) is 0 Å². The first-order valence-corrected chi connectivity index (χ1v) is 15.7. The lowest BCUT2D eigenvalue weighted by molar-refractivity contribution is -0.605. The highest BCUT2D eigenvalue weighted by molar-refractivity contribution is 7.92. The van der Waals surface area contributed by atoms with Crippen LogP contribution in [0.2, 0.25) is 10.0 Å². The van der Waals surface area contributed by atoms with Gasteiger partial charge in [0.2, 0.25) is 10.0 Å². The molecule has 1 N–H and O–H groups in total. The molecule has 0 spiro atoms. The van der Waals surface area contributed by atoms with Crippen molar-refractivity contribution in [3.63, 3.8) is 0 Å². The Kier molecular flexibility index (Phi) is 10.7. The number of ether oxygens (including phenoxy) is 4. The molecule has 0 saturated heterocycles. The number of halogens is 4. The summed E-state index contributed by atoms with van der Waals surface area (Å²) in [4.78, 5) is 25.6. The number of hydrogen-bond acceptors (Lipinski definition) is 9. The number of aromatic nitrogens is 1. The molecule has 4 rings (SSSR count). The highest BCUT2D eigenvalue weighted by Crippen LogP contribution is 2.37. The van der Waals surface area contributed by atoms with Gasteiger partial charge in [-0.1, -0.05) is 41.4 Å². The van der Waals surface area contributed by atoms with Crippen molar-refractivity contribution in [1.29, 1.82) is 0 Å². The maximum Gasteiger partial charge on any atom is 0.387 e. The zero-order chi connectivity index (χ0) is 32.0. The minimum Gasteiger partial charge on any atom is -0.619 e. The average molecular weight is 675 g/mol. The Labute approximate surface area is 261 Å². The fourth-order valence-corrected chi connectivity index (χ4v) is 5.18. The molecule has 2 aromatic carbocycles. The number of carbonyl (C=O) groups is 2. The van der Waals surface area contributed by atoms with Crippen molar-refractivity contribution in [2.45, 2.75) is 32.0 Å². The lowest BCUT2D eigenvalue weighted by Gasteiger charge is -2.21. The van der Waals surface area contributed by atoms with Gasteiger partial charge in [-0.3, -0.25) is 4.72 Å². The van der Waals surface area contributed by atoms with E-state index in [0.717, 1.165) is 31.5 Å². The van der Waals surface area contributed by atoms with Crippen LogP contribution in [0.4, 0.5) is 14.5 Å². The van der Waals surface area contributed by atoms with E-state index in [1.807, 2.05) is 0 Å². The van der Waals surface area contributed by atoms with Crippen molar-refractivity contribution in [2.24, 2.45) is 5.92 Å². The van der Waals surface area contributed by atoms with Crippen molar-refractivity contribution in [3.05, 3.63) is 86.8 Å². The minimum absolute atomic E-state index is 0.0141. The molecule has 1 atom stereocenters. The lowest BCUT2D eigenvalue weighted by Crippen LogP contribution is -2.26. The summed E-state index contributed by atoms with van der Waals surface area (Å²) in [6.45, 7) is -3.73. The molecule has 44 heavy (non-hydrogen) atoms. The number of alkyl halides is 2. The van der Waals surface area contributed by atoms with Crippen LogP contribution in [0.5, 0.6) is 11.5 Å². The molecule has 1 aromatic heterocycles. The number of nitrogens with one attached hydrogen (secondary N) is 1. The number of benzene rings is 2. The van der Waals surface area contributed by atoms with E-state index in [1.165, 1.54) is 42.5 Å². The summed E-state index contributed by atoms with van der Waals surface area (Å²) in [6, 6.07) is 9.59. The number of rotatable bonds is 14. The Morgan fingerprint density at radius 2 is 1.77 bits per heavy atom. The van der Waals surface area contributed by atoms with E-state index in [4.69, 9.17) is 37.4 Å². The third-order valence-electron chi connectivity index (χ3n) is 6.21. The molecule has 0 amide bonds. The van der Waals surface area contributed by atoms with Crippen LogP contribution in [-0.4, -0.2) is 46.4 Å². The quantitative estimate of drug-likeness (QED) is 0.141. The third-order valence-corrected chi connectivity index (χ3v) is 7.45. The molecular formula is C28H26Cl2F2N2O9S. The second-order valence-electron chi connectivity index (χ2n) is 9.81. The van der Waals surface area contributed by atoms with Crippen LogP contribution >= 0.6 is 23.2 Å². The first-order chi connectivity index (χ1) is 20.8. The summed E-state index contributed by atoms with van der Waals surface area (Å²) in [5, 5.41) is 11.7. The minimum atomic E-state index is -3.72. The molecule has 1 fully saturated rings. The van der Waals surface area contributed by atoms with E-state index in [9.17, 15) is 32.0 Å². The van der Waals surface area contributed by atoms with Crippen molar-refractivity contribution in [3.8, 4) is 11.5 Å². The summed E-state index contributed by atoms with van der Waals surface area (Å²) in [7, 11) is -3.72. The standard InChI is InChI=1S/C28H26Cl2F2N2O9S/c1-44(38,39)33-22-5-3-2-4-18(22)27(36)41-15-26(35)42-24(11-19-20(29)12-34(37)13-21(19)30)17-8-9-23(43-28(31)32)25(10-17)40-14-16-6-7-16/h2-5,8-10,12-13,16,24,28,33H,6-7,11,14-15H2,1H3. The highest BCUT2D eigenvalue weighted by Gasteiger charge is 2.27. The lowest BCUT2D eigenvalue weighted by atomic mass is 10.0. The number of para-hydroxylation sites is 1. The highest BCUT2D eigenvalue weighted by atomic mass is 35.5. The molecule has 1 aliphatic rings. The summed E-state index contributed by atoms with van der Waals surface area (Å²) in [5.41, 5.74) is 0.304. The summed E-state index contributed by atoms with van der Waals surface area (Å²) >= 11 is 12.5. The van der Waals surface area contributed by atoms with E-state index >= 15 is 0 Å². The SMILES string of the molecule is CS(=O)(=O)Nc1ccccc1C(=O)OCC(=O)OC(Cc1c(Cl)c[n+]([O-])cc1Cl)c1ccc(OC(F)F)c(OCC2CC2)c1. The molecule has 1 heterocycles. The largest absolute Gasteiger partial charge is 0.619 e. The summed E-state index contributed by atoms with van der Waals surface area (Å²) in [5.74, 6) is -2.00. The van der Waals surface area contributed by atoms with Gasteiger partial charge >= 0.3 is 18.6 Å². The topological polar surface area (TPSA) is 144 Å². The van der Waals surface area contributed by atoms with Crippen molar-refractivity contribution in [2.75, 3.05) is 24.2 Å². The van der Waals surface area contributed by atoms with Gasteiger partial charge in [-0.25, -0.2) is 18.0 Å². The number of hydrogen-bond donors (Lipinski definition) is 1. The van der Waals surface area contributed by atoms with Gasteiger partial charge in [0.05, 0.1) is 24.1 Å². The zero-order valence-corrected chi connectivity index (χ0v) is 25.3. The fraction of sp³-hybridized carbons (Fsp3) is 0.321. The maximum absolute atomic E-state index is 13.1. The van der Waals surface area contributed by atoms with Crippen molar-refractivity contribution >= 4 is 50.9 Å². The van der Waals surface area contributed by atoms with E-state index < -0.39 is 41.3 Å². The van der Waals surface area contributed by atoms with Crippen LogP contribution in [-0.2, 0) is 30.7 Å². The van der Waals surface area contributed by atoms with Gasteiger partial charge in [0.1, 0.15) is 16.1 Å². The Morgan fingerprint density at radius 1 is 1.09 bits per heavy atom.